The maximum Gasteiger partial charge on any atom is 0.240 e. The van der Waals surface area contributed by atoms with Gasteiger partial charge in [0, 0.05) is 0 Å². The molecule has 0 unspecified atom stereocenters. The minimum atomic E-state index is -0.495. The summed E-state index contributed by atoms with van der Waals surface area (Å²) in [5.74, 6) is 0.313. The Morgan fingerprint density at radius 2 is 2.17 bits per heavy atom. The molecule has 1 amide bonds. The third-order valence-electron chi connectivity index (χ3n) is 2.21. The van der Waals surface area contributed by atoms with Crippen LogP contribution in [0.15, 0.2) is 18.2 Å². The number of nitrogens with zero attached hydrogens (tertiary/aromatic N) is 2. The van der Waals surface area contributed by atoms with Crippen LogP contribution in [-0.2, 0) is 9.63 Å². The normalized spacial score (nSPS) is 11.7. The molecule has 1 aromatic carbocycles. The van der Waals surface area contributed by atoms with Crippen molar-refractivity contribution in [1.82, 2.24) is 9.97 Å². The number of amides is 1. The van der Waals surface area contributed by atoms with Crippen LogP contribution in [0.1, 0.15) is 20.8 Å². The molecule has 2 aromatic rings. The van der Waals surface area contributed by atoms with Crippen molar-refractivity contribution in [2.24, 2.45) is 0 Å². The molecular weight excluding hydrogens is 232 g/mol. The molecule has 0 spiro atoms. The first-order chi connectivity index (χ1) is 8.40. The van der Waals surface area contributed by atoms with Gasteiger partial charge in [-0.1, -0.05) is 6.07 Å². The van der Waals surface area contributed by atoms with E-state index in [1.807, 2.05) is 32.9 Å². The number of hydrogen-bond donors (Lipinski definition) is 2. The molecule has 0 saturated heterocycles. The summed E-state index contributed by atoms with van der Waals surface area (Å²) in [6.45, 7) is 5.54. The summed E-state index contributed by atoms with van der Waals surface area (Å²) in [6, 6.07) is 5.40. The van der Waals surface area contributed by atoms with E-state index in [0.29, 0.717) is 23.6 Å². The van der Waals surface area contributed by atoms with Crippen LogP contribution in [0.25, 0.3) is 11.0 Å². The number of hydrogen-bond acceptors (Lipinski definition) is 4. The lowest BCUT2D eigenvalue weighted by Gasteiger charge is -2.24. The van der Waals surface area contributed by atoms with Gasteiger partial charge >= 0.3 is 0 Å². The number of nitrogen functional groups attached to an aromatic ring is 1. The number of fused-ring (bicyclic) bond motifs is 1. The lowest BCUT2D eigenvalue weighted by atomic mass is 10.2. The topological polar surface area (TPSA) is 84.2 Å². The summed E-state index contributed by atoms with van der Waals surface area (Å²) in [6.07, 6.45) is 0.569. The number of H-pyrrole nitrogens is 1. The Labute approximate surface area is 105 Å². The first-order valence-electron chi connectivity index (χ1n) is 5.58. The van der Waals surface area contributed by atoms with Crippen LogP contribution < -0.4 is 10.8 Å². The Bertz CT molecular complexity index is 571. The zero-order valence-corrected chi connectivity index (χ0v) is 10.6. The molecule has 6 nitrogen and oxygen atoms in total. The maximum absolute atomic E-state index is 11.1. The Morgan fingerprint density at radius 3 is 2.72 bits per heavy atom. The Kier molecular flexibility index (Phi) is 2.96. The van der Waals surface area contributed by atoms with Crippen molar-refractivity contribution < 1.29 is 9.63 Å². The summed E-state index contributed by atoms with van der Waals surface area (Å²) in [4.78, 5) is 23.8. The molecule has 96 valence electrons. The average molecular weight is 248 g/mol. The van der Waals surface area contributed by atoms with E-state index < -0.39 is 5.60 Å². The number of anilines is 2. The van der Waals surface area contributed by atoms with Crippen molar-refractivity contribution in [3.63, 3.8) is 0 Å². The molecule has 1 heterocycles. The summed E-state index contributed by atoms with van der Waals surface area (Å²) < 4.78 is 0. The Hall–Kier alpha value is -2.08. The zero-order chi connectivity index (χ0) is 13.3. The van der Waals surface area contributed by atoms with Crippen LogP contribution in [-0.4, -0.2) is 22.0 Å². The number of para-hydroxylation sites is 1. The highest BCUT2D eigenvalue weighted by atomic mass is 16.7. The number of aromatic amines is 1. The molecule has 6 heteroatoms. The lowest BCUT2D eigenvalue weighted by molar-refractivity contribution is -0.120. The van der Waals surface area contributed by atoms with E-state index in [-0.39, 0.29) is 0 Å². The van der Waals surface area contributed by atoms with Crippen molar-refractivity contribution in [1.29, 1.82) is 0 Å². The third kappa shape index (κ3) is 2.43. The number of benzene rings is 1. The number of aromatic nitrogens is 2. The van der Waals surface area contributed by atoms with Gasteiger partial charge in [-0.25, -0.2) is 4.98 Å². The van der Waals surface area contributed by atoms with E-state index in [1.165, 1.54) is 0 Å². The molecule has 0 radical (unpaired) electrons. The third-order valence-corrected chi connectivity index (χ3v) is 2.21. The van der Waals surface area contributed by atoms with Gasteiger partial charge in [-0.3, -0.25) is 9.63 Å². The van der Waals surface area contributed by atoms with E-state index in [9.17, 15) is 4.79 Å². The van der Waals surface area contributed by atoms with E-state index in [4.69, 9.17) is 10.6 Å². The highest BCUT2D eigenvalue weighted by molar-refractivity contribution is 5.89. The van der Waals surface area contributed by atoms with E-state index in [2.05, 4.69) is 9.97 Å². The Balaban J connectivity index is 2.40. The SMILES string of the molecule is CC(C)(C)ON(C=O)c1nc2c(N)cccc2[nH]1. The smallest absolute Gasteiger partial charge is 0.240 e. The molecule has 0 bridgehead atoms. The van der Waals surface area contributed by atoms with Gasteiger partial charge in [-0.05, 0) is 32.9 Å². The fraction of sp³-hybridized carbons (Fsp3) is 0.333. The van der Waals surface area contributed by atoms with Crippen LogP contribution in [0.4, 0.5) is 11.6 Å². The first-order valence-corrected chi connectivity index (χ1v) is 5.58. The maximum atomic E-state index is 11.1. The lowest BCUT2D eigenvalue weighted by Crippen LogP contribution is -2.33. The number of hydroxylamine groups is 1. The molecule has 0 saturated carbocycles. The minimum absolute atomic E-state index is 0.313. The molecule has 2 rings (SSSR count). The largest absolute Gasteiger partial charge is 0.397 e. The number of nitrogens with two attached hydrogens (primary N) is 1. The monoisotopic (exact) mass is 248 g/mol. The van der Waals surface area contributed by atoms with Crippen molar-refractivity contribution >= 4 is 29.1 Å². The predicted octanol–water partition coefficient (Wildman–Crippen LogP) is 1.84. The second kappa shape index (κ2) is 4.30. The highest BCUT2D eigenvalue weighted by Gasteiger charge is 2.20. The van der Waals surface area contributed by atoms with Crippen molar-refractivity contribution in [2.45, 2.75) is 26.4 Å². The van der Waals surface area contributed by atoms with Crippen LogP contribution in [0, 0.1) is 0 Å². The van der Waals surface area contributed by atoms with E-state index >= 15 is 0 Å². The van der Waals surface area contributed by atoms with Crippen molar-refractivity contribution in [3.05, 3.63) is 18.2 Å². The quantitative estimate of drug-likeness (QED) is 0.493. The number of carbonyl (C=O) groups excluding carboxylic acids is 1. The standard InChI is InChI=1S/C12H16N4O2/c1-12(2,3)18-16(7-17)11-14-9-6-4-5-8(13)10(9)15-11/h4-7H,13H2,1-3H3,(H,14,15). The van der Waals surface area contributed by atoms with Gasteiger partial charge in [0.05, 0.1) is 16.8 Å². The molecule has 0 atom stereocenters. The average Bonchev–Trinajstić information content (AvgIpc) is 2.70. The van der Waals surface area contributed by atoms with Crippen LogP contribution in [0.5, 0.6) is 0 Å². The first kappa shape index (κ1) is 12.4. The van der Waals surface area contributed by atoms with Crippen LogP contribution in [0.3, 0.4) is 0 Å². The van der Waals surface area contributed by atoms with Crippen LogP contribution >= 0.6 is 0 Å². The van der Waals surface area contributed by atoms with Crippen molar-refractivity contribution in [3.8, 4) is 0 Å². The highest BCUT2D eigenvalue weighted by Crippen LogP contribution is 2.23. The fourth-order valence-corrected chi connectivity index (χ4v) is 1.56. The van der Waals surface area contributed by atoms with Gasteiger partial charge in [0.2, 0.25) is 12.4 Å². The summed E-state index contributed by atoms with van der Waals surface area (Å²) >= 11 is 0. The summed E-state index contributed by atoms with van der Waals surface area (Å²) in [5.41, 5.74) is 7.25. The molecule has 1 aromatic heterocycles. The zero-order valence-electron chi connectivity index (χ0n) is 10.6. The van der Waals surface area contributed by atoms with E-state index in [0.717, 1.165) is 10.6 Å². The van der Waals surface area contributed by atoms with Gasteiger partial charge < -0.3 is 10.7 Å². The molecule has 0 aliphatic heterocycles. The molecular formula is C12H16N4O2. The Morgan fingerprint density at radius 1 is 1.44 bits per heavy atom. The molecule has 0 aliphatic rings. The van der Waals surface area contributed by atoms with E-state index in [1.54, 1.807) is 6.07 Å². The van der Waals surface area contributed by atoms with Gasteiger partial charge in [0.1, 0.15) is 5.52 Å². The van der Waals surface area contributed by atoms with Gasteiger partial charge in [-0.15, -0.1) is 0 Å². The molecule has 0 fully saturated rings. The number of nitrogens with one attached hydrogen (secondary N) is 1. The molecule has 3 N–H and O–H groups in total. The predicted molar refractivity (Wildman–Crippen MR) is 69.9 cm³/mol. The van der Waals surface area contributed by atoms with Crippen molar-refractivity contribution in [2.75, 3.05) is 10.8 Å². The second-order valence-electron chi connectivity index (χ2n) is 4.94. The number of rotatable bonds is 3. The molecule has 18 heavy (non-hydrogen) atoms. The van der Waals surface area contributed by atoms with Crippen LogP contribution in [0.2, 0.25) is 0 Å². The summed E-state index contributed by atoms with van der Waals surface area (Å²) in [7, 11) is 0. The second-order valence-corrected chi connectivity index (χ2v) is 4.94. The van der Waals surface area contributed by atoms with Gasteiger partial charge in [0.25, 0.3) is 0 Å². The number of carbonyl (C=O) groups is 1. The number of imidazole rings is 1. The van der Waals surface area contributed by atoms with Gasteiger partial charge in [-0.2, -0.15) is 5.06 Å². The summed E-state index contributed by atoms with van der Waals surface area (Å²) in [5, 5.41) is 1.07. The molecule has 0 aliphatic carbocycles. The fourth-order valence-electron chi connectivity index (χ4n) is 1.56. The minimum Gasteiger partial charge on any atom is -0.397 e. The van der Waals surface area contributed by atoms with Gasteiger partial charge in [0.15, 0.2) is 0 Å².